The van der Waals surface area contributed by atoms with Gasteiger partial charge in [0.05, 0.1) is 28.4 Å². The summed E-state index contributed by atoms with van der Waals surface area (Å²) >= 11 is 0. The SMILES string of the molecule is COC(=O)c1c(OC)cc2cc(CC=O)c(OC)cc2c1OC. The van der Waals surface area contributed by atoms with Crippen LogP contribution in [0.1, 0.15) is 15.9 Å². The van der Waals surface area contributed by atoms with E-state index in [0.717, 1.165) is 17.2 Å². The third-order valence-corrected chi connectivity index (χ3v) is 3.57. The standard InChI is InChI=1S/C17H18O6/c1-20-13-9-12-11(7-10(13)5-6-18)8-14(21-2)15(16(12)22-3)17(19)23-4/h6-9H,5H2,1-4H3. The van der Waals surface area contributed by atoms with Gasteiger partial charge in [-0.25, -0.2) is 4.79 Å². The van der Waals surface area contributed by atoms with E-state index in [1.54, 1.807) is 12.1 Å². The molecule has 0 aliphatic heterocycles. The lowest BCUT2D eigenvalue weighted by molar-refractivity contribution is -0.107. The fourth-order valence-electron chi connectivity index (χ4n) is 2.53. The fraction of sp³-hybridized carbons (Fsp3) is 0.294. The molecule has 6 nitrogen and oxygen atoms in total. The number of methoxy groups -OCH3 is 4. The van der Waals surface area contributed by atoms with E-state index in [0.29, 0.717) is 22.6 Å². The van der Waals surface area contributed by atoms with Crippen molar-refractivity contribution in [2.45, 2.75) is 6.42 Å². The van der Waals surface area contributed by atoms with Crippen LogP contribution in [-0.2, 0) is 16.0 Å². The second kappa shape index (κ2) is 7.00. The summed E-state index contributed by atoms with van der Waals surface area (Å²) in [6, 6.07) is 5.26. The number of aldehydes is 1. The predicted octanol–water partition coefficient (Wildman–Crippen LogP) is 2.39. The summed E-state index contributed by atoms with van der Waals surface area (Å²) in [5, 5.41) is 1.43. The van der Waals surface area contributed by atoms with Gasteiger partial charge in [-0.1, -0.05) is 0 Å². The van der Waals surface area contributed by atoms with Crippen LogP contribution in [-0.4, -0.2) is 40.7 Å². The van der Waals surface area contributed by atoms with E-state index in [9.17, 15) is 9.59 Å². The Kier molecular flexibility index (Phi) is 5.05. The maximum atomic E-state index is 12.1. The van der Waals surface area contributed by atoms with E-state index >= 15 is 0 Å². The third kappa shape index (κ3) is 2.92. The van der Waals surface area contributed by atoms with Gasteiger partial charge < -0.3 is 23.7 Å². The maximum absolute atomic E-state index is 12.1. The molecule has 0 saturated carbocycles. The maximum Gasteiger partial charge on any atom is 0.345 e. The number of rotatable bonds is 6. The van der Waals surface area contributed by atoms with Gasteiger partial charge in [-0.05, 0) is 23.6 Å². The number of hydrogen-bond donors (Lipinski definition) is 0. The summed E-state index contributed by atoms with van der Waals surface area (Å²) in [6.07, 6.45) is 1.03. The first-order valence-electron chi connectivity index (χ1n) is 6.88. The molecule has 0 amide bonds. The molecule has 122 valence electrons. The molecule has 0 radical (unpaired) electrons. The zero-order valence-corrected chi connectivity index (χ0v) is 13.5. The van der Waals surface area contributed by atoms with Crippen LogP contribution in [0.2, 0.25) is 0 Å². The van der Waals surface area contributed by atoms with Crippen molar-refractivity contribution < 1.29 is 28.5 Å². The molecule has 0 saturated heterocycles. The molecule has 2 rings (SSSR count). The zero-order chi connectivity index (χ0) is 17.0. The van der Waals surface area contributed by atoms with Gasteiger partial charge in [-0.15, -0.1) is 0 Å². The van der Waals surface area contributed by atoms with E-state index in [2.05, 4.69) is 0 Å². The summed E-state index contributed by atoms with van der Waals surface area (Å²) in [5.74, 6) is 0.658. The largest absolute Gasteiger partial charge is 0.496 e. The highest BCUT2D eigenvalue weighted by molar-refractivity contribution is 6.05. The fourth-order valence-corrected chi connectivity index (χ4v) is 2.53. The van der Waals surface area contributed by atoms with Crippen molar-refractivity contribution in [2.75, 3.05) is 28.4 Å². The Morgan fingerprint density at radius 1 is 1.00 bits per heavy atom. The minimum absolute atomic E-state index is 0.204. The molecule has 6 heteroatoms. The first-order valence-corrected chi connectivity index (χ1v) is 6.88. The monoisotopic (exact) mass is 318 g/mol. The summed E-state index contributed by atoms with van der Waals surface area (Å²) in [5.41, 5.74) is 0.945. The van der Waals surface area contributed by atoms with Gasteiger partial charge in [-0.2, -0.15) is 0 Å². The number of fused-ring (bicyclic) bond motifs is 1. The number of benzene rings is 2. The van der Waals surface area contributed by atoms with Crippen molar-refractivity contribution in [1.29, 1.82) is 0 Å². The molecule has 23 heavy (non-hydrogen) atoms. The Hall–Kier alpha value is -2.76. The molecular weight excluding hydrogens is 300 g/mol. The minimum atomic E-state index is -0.559. The number of esters is 1. The van der Waals surface area contributed by atoms with Crippen LogP contribution in [0.3, 0.4) is 0 Å². The summed E-state index contributed by atoms with van der Waals surface area (Å²) < 4.78 is 20.9. The molecule has 0 unspecified atom stereocenters. The highest BCUT2D eigenvalue weighted by Crippen LogP contribution is 2.40. The third-order valence-electron chi connectivity index (χ3n) is 3.57. The number of carbonyl (C=O) groups is 2. The molecule has 0 N–H and O–H groups in total. The lowest BCUT2D eigenvalue weighted by Gasteiger charge is -2.16. The van der Waals surface area contributed by atoms with Crippen molar-refractivity contribution in [3.8, 4) is 17.2 Å². The van der Waals surface area contributed by atoms with E-state index in [-0.39, 0.29) is 12.0 Å². The van der Waals surface area contributed by atoms with Crippen LogP contribution >= 0.6 is 0 Å². The van der Waals surface area contributed by atoms with Crippen LogP contribution < -0.4 is 14.2 Å². The molecular formula is C17H18O6. The summed E-state index contributed by atoms with van der Waals surface area (Å²) in [7, 11) is 5.74. The van der Waals surface area contributed by atoms with Crippen LogP contribution in [0.5, 0.6) is 17.2 Å². The first-order chi connectivity index (χ1) is 11.1. The highest BCUT2D eigenvalue weighted by atomic mass is 16.5. The second-order valence-corrected chi connectivity index (χ2v) is 4.73. The van der Waals surface area contributed by atoms with Crippen LogP contribution in [0, 0.1) is 0 Å². The molecule has 0 aliphatic carbocycles. The quantitative estimate of drug-likeness (QED) is 0.601. The van der Waals surface area contributed by atoms with Crippen molar-refractivity contribution >= 4 is 23.0 Å². The highest BCUT2D eigenvalue weighted by Gasteiger charge is 2.23. The van der Waals surface area contributed by atoms with E-state index in [4.69, 9.17) is 18.9 Å². The molecule has 2 aromatic rings. The lowest BCUT2D eigenvalue weighted by atomic mass is 9.99. The molecule has 0 heterocycles. The molecule has 0 fully saturated rings. The van der Waals surface area contributed by atoms with Gasteiger partial charge in [0.1, 0.15) is 29.1 Å². The van der Waals surface area contributed by atoms with Crippen molar-refractivity contribution in [3.05, 3.63) is 29.3 Å². The van der Waals surface area contributed by atoms with Crippen molar-refractivity contribution in [2.24, 2.45) is 0 Å². The lowest BCUT2D eigenvalue weighted by Crippen LogP contribution is -2.07. The van der Waals surface area contributed by atoms with Gasteiger partial charge in [0.2, 0.25) is 0 Å². The Morgan fingerprint density at radius 2 is 1.70 bits per heavy atom. The molecule has 0 bridgehead atoms. The minimum Gasteiger partial charge on any atom is -0.496 e. The summed E-state index contributed by atoms with van der Waals surface area (Å²) in [6.45, 7) is 0. The average molecular weight is 318 g/mol. The van der Waals surface area contributed by atoms with Crippen LogP contribution in [0.15, 0.2) is 18.2 Å². The Balaban J connectivity index is 2.86. The van der Waals surface area contributed by atoms with Crippen molar-refractivity contribution in [3.63, 3.8) is 0 Å². The smallest absolute Gasteiger partial charge is 0.345 e. The van der Waals surface area contributed by atoms with E-state index in [1.165, 1.54) is 28.4 Å². The molecule has 2 aromatic carbocycles. The Labute approximate surface area is 133 Å². The van der Waals surface area contributed by atoms with Gasteiger partial charge in [0, 0.05) is 17.4 Å². The van der Waals surface area contributed by atoms with Gasteiger partial charge in [-0.3, -0.25) is 0 Å². The molecule has 0 aliphatic rings. The topological polar surface area (TPSA) is 71.1 Å². The Bertz CT molecular complexity index is 751. The number of ether oxygens (including phenoxy) is 4. The van der Waals surface area contributed by atoms with Crippen LogP contribution in [0.4, 0.5) is 0 Å². The second-order valence-electron chi connectivity index (χ2n) is 4.73. The molecule has 0 atom stereocenters. The zero-order valence-electron chi connectivity index (χ0n) is 13.5. The number of hydrogen-bond acceptors (Lipinski definition) is 6. The average Bonchev–Trinajstić information content (AvgIpc) is 2.58. The molecule has 0 spiro atoms. The summed E-state index contributed by atoms with van der Waals surface area (Å²) in [4.78, 5) is 22.9. The van der Waals surface area contributed by atoms with Crippen molar-refractivity contribution in [1.82, 2.24) is 0 Å². The van der Waals surface area contributed by atoms with E-state index in [1.807, 2.05) is 6.07 Å². The number of carbonyl (C=O) groups excluding carboxylic acids is 2. The first kappa shape index (κ1) is 16.6. The Morgan fingerprint density at radius 3 is 2.22 bits per heavy atom. The molecule has 0 aromatic heterocycles. The van der Waals surface area contributed by atoms with Crippen LogP contribution in [0.25, 0.3) is 10.8 Å². The predicted molar refractivity (Wildman–Crippen MR) is 84.7 cm³/mol. The van der Waals surface area contributed by atoms with Gasteiger partial charge in [0.25, 0.3) is 0 Å². The van der Waals surface area contributed by atoms with E-state index < -0.39 is 5.97 Å². The normalized spacial score (nSPS) is 10.3. The van der Waals surface area contributed by atoms with Gasteiger partial charge >= 0.3 is 5.97 Å². The van der Waals surface area contributed by atoms with Gasteiger partial charge in [0.15, 0.2) is 0 Å².